The van der Waals surface area contributed by atoms with Crippen LogP contribution in [0.5, 0.6) is 0 Å². The minimum Gasteiger partial charge on any atom is -0.441 e. The topological polar surface area (TPSA) is 94.5 Å². The Kier molecular flexibility index (Phi) is 7.28. The highest BCUT2D eigenvalue weighted by Gasteiger charge is 2.54. The molecule has 2 aromatic carbocycles. The molecule has 0 radical (unpaired) electrons. The standard InChI is InChI=1S/C27H33NO7/c1-26(2)21(15-18-11-7-5-8-12-18)28(25(31)35-26)24(30)23(32-16-19-13-9-6-10-14-19)22(29)20-17-33-27(3,4)34-20/h5-14,20-23,29H,15-17H2,1-4H3/t20-,21+,22-,23+/m1/s1. The summed E-state index contributed by atoms with van der Waals surface area (Å²) in [5.74, 6) is -1.57. The van der Waals surface area contributed by atoms with E-state index in [1.54, 1.807) is 27.7 Å². The van der Waals surface area contributed by atoms with Crippen LogP contribution in [0.15, 0.2) is 60.7 Å². The predicted octanol–water partition coefficient (Wildman–Crippen LogP) is 3.45. The molecule has 0 aliphatic carbocycles. The number of amides is 2. The van der Waals surface area contributed by atoms with E-state index in [0.29, 0.717) is 6.42 Å². The Labute approximate surface area is 205 Å². The van der Waals surface area contributed by atoms with E-state index in [-0.39, 0.29) is 13.2 Å². The maximum atomic E-state index is 13.9. The zero-order valence-electron chi connectivity index (χ0n) is 20.5. The molecule has 2 heterocycles. The Bertz CT molecular complexity index is 1020. The van der Waals surface area contributed by atoms with Crippen molar-refractivity contribution in [2.24, 2.45) is 0 Å². The van der Waals surface area contributed by atoms with Gasteiger partial charge >= 0.3 is 6.09 Å². The van der Waals surface area contributed by atoms with Gasteiger partial charge in [0.15, 0.2) is 11.9 Å². The van der Waals surface area contributed by atoms with Gasteiger partial charge in [0.05, 0.1) is 19.3 Å². The number of hydrogen-bond acceptors (Lipinski definition) is 7. The van der Waals surface area contributed by atoms with E-state index in [1.807, 2.05) is 60.7 Å². The molecule has 0 saturated carbocycles. The van der Waals surface area contributed by atoms with Crippen molar-refractivity contribution in [2.75, 3.05) is 6.61 Å². The van der Waals surface area contributed by atoms with Gasteiger partial charge in [0.1, 0.15) is 17.8 Å². The predicted molar refractivity (Wildman–Crippen MR) is 127 cm³/mol. The molecule has 2 aromatic rings. The Balaban J connectivity index is 1.61. The van der Waals surface area contributed by atoms with E-state index < -0.39 is 47.7 Å². The lowest BCUT2D eigenvalue weighted by Gasteiger charge is -2.32. The maximum absolute atomic E-state index is 13.9. The molecule has 2 amide bonds. The van der Waals surface area contributed by atoms with Crippen LogP contribution in [0.4, 0.5) is 4.79 Å². The van der Waals surface area contributed by atoms with Gasteiger partial charge < -0.3 is 24.1 Å². The van der Waals surface area contributed by atoms with Crippen molar-refractivity contribution < 1.29 is 33.6 Å². The molecule has 1 N–H and O–H groups in total. The number of hydrogen-bond donors (Lipinski definition) is 1. The molecular formula is C27H33NO7. The molecule has 0 unspecified atom stereocenters. The summed E-state index contributed by atoms with van der Waals surface area (Å²) in [6.07, 6.45) is -3.87. The van der Waals surface area contributed by atoms with Crippen molar-refractivity contribution in [2.45, 2.75) is 76.5 Å². The van der Waals surface area contributed by atoms with Crippen LogP contribution in [0.2, 0.25) is 0 Å². The number of ether oxygens (including phenoxy) is 4. The molecule has 2 fully saturated rings. The normalized spacial score (nSPS) is 24.7. The average Bonchev–Trinajstić information content (AvgIpc) is 3.29. The van der Waals surface area contributed by atoms with E-state index in [1.165, 1.54) is 0 Å². The number of cyclic esters (lactones) is 1. The summed E-state index contributed by atoms with van der Waals surface area (Å²) in [6.45, 7) is 7.18. The average molecular weight is 484 g/mol. The van der Waals surface area contributed by atoms with Gasteiger partial charge in [-0.2, -0.15) is 0 Å². The molecule has 4 rings (SSSR count). The quantitative estimate of drug-likeness (QED) is 0.615. The second kappa shape index (κ2) is 10.1. The first kappa shape index (κ1) is 25.3. The summed E-state index contributed by atoms with van der Waals surface area (Å²) in [6, 6.07) is 18.3. The molecule has 0 aromatic heterocycles. The first-order valence-electron chi connectivity index (χ1n) is 11.8. The third-order valence-electron chi connectivity index (χ3n) is 6.41. The first-order valence-corrected chi connectivity index (χ1v) is 11.8. The van der Waals surface area contributed by atoms with E-state index >= 15 is 0 Å². The smallest absolute Gasteiger partial charge is 0.417 e. The number of aliphatic hydroxyl groups excluding tert-OH is 1. The van der Waals surface area contributed by atoms with E-state index in [4.69, 9.17) is 18.9 Å². The largest absolute Gasteiger partial charge is 0.441 e. The summed E-state index contributed by atoms with van der Waals surface area (Å²) in [5, 5.41) is 11.2. The van der Waals surface area contributed by atoms with Gasteiger partial charge in [-0.25, -0.2) is 9.69 Å². The minimum atomic E-state index is -1.36. The number of aliphatic hydroxyl groups is 1. The molecule has 35 heavy (non-hydrogen) atoms. The summed E-state index contributed by atoms with van der Waals surface area (Å²) in [7, 11) is 0. The lowest BCUT2D eigenvalue weighted by Crippen LogP contribution is -2.55. The molecule has 2 saturated heterocycles. The van der Waals surface area contributed by atoms with Gasteiger partial charge in [-0.15, -0.1) is 0 Å². The van der Waals surface area contributed by atoms with Crippen molar-refractivity contribution in [1.82, 2.24) is 4.90 Å². The summed E-state index contributed by atoms with van der Waals surface area (Å²) in [4.78, 5) is 27.9. The third kappa shape index (κ3) is 5.73. The Morgan fingerprint density at radius 3 is 2.23 bits per heavy atom. The third-order valence-corrected chi connectivity index (χ3v) is 6.41. The van der Waals surface area contributed by atoms with Crippen LogP contribution in [0.1, 0.15) is 38.8 Å². The Morgan fingerprint density at radius 1 is 1.06 bits per heavy atom. The van der Waals surface area contributed by atoms with Crippen molar-refractivity contribution in [3.8, 4) is 0 Å². The van der Waals surface area contributed by atoms with Crippen molar-refractivity contribution in [3.05, 3.63) is 71.8 Å². The Morgan fingerprint density at radius 2 is 1.66 bits per heavy atom. The molecule has 0 bridgehead atoms. The lowest BCUT2D eigenvalue weighted by atomic mass is 9.91. The fourth-order valence-corrected chi connectivity index (χ4v) is 4.49. The van der Waals surface area contributed by atoms with Crippen molar-refractivity contribution in [1.29, 1.82) is 0 Å². The second-order valence-corrected chi connectivity index (χ2v) is 9.96. The van der Waals surface area contributed by atoms with Gasteiger partial charge in [-0.3, -0.25) is 4.79 Å². The molecule has 8 nitrogen and oxygen atoms in total. The van der Waals surface area contributed by atoms with Gasteiger partial charge in [-0.1, -0.05) is 60.7 Å². The van der Waals surface area contributed by atoms with Crippen LogP contribution in [-0.4, -0.2) is 64.4 Å². The maximum Gasteiger partial charge on any atom is 0.417 e. The van der Waals surface area contributed by atoms with Crippen LogP contribution in [0.25, 0.3) is 0 Å². The zero-order chi connectivity index (χ0) is 25.2. The van der Waals surface area contributed by atoms with E-state index in [2.05, 4.69) is 0 Å². The monoisotopic (exact) mass is 483 g/mol. The zero-order valence-corrected chi connectivity index (χ0v) is 20.5. The molecule has 2 aliphatic heterocycles. The molecule has 2 aliphatic rings. The van der Waals surface area contributed by atoms with E-state index in [9.17, 15) is 14.7 Å². The highest BCUT2D eigenvalue weighted by molar-refractivity contribution is 5.97. The molecular weight excluding hydrogens is 450 g/mol. The highest BCUT2D eigenvalue weighted by atomic mass is 16.7. The number of carbonyl (C=O) groups is 2. The number of benzene rings is 2. The summed E-state index contributed by atoms with van der Waals surface area (Å²) in [5.41, 5.74) is 0.858. The Hall–Kier alpha value is -2.78. The van der Waals surface area contributed by atoms with Crippen molar-refractivity contribution >= 4 is 12.0 Å². The first-order chi connectivity index (χ1) is 16.6. The summed E-state index contributed by atoms with van der Waals surface area (Å²) < 4.78 is 23.0. The van der Waals surface area contributed by atoms with Crippen LogP contribution >= 0.6 is 0 Å². The summed E-state index contributed by atoms with van der Waals surface area (Å²) >= 11 is 0. The molecule has 4 atom stereocenters. The van der Waals surface area contributed by atoms with Crippen LogP contribution in [-0.2, 0) is 36.8 Å². The second-order valence-electron chi connectivity index (χ2n) is 9.96. The lowest BCUT2D eigenvalue weighted by molar-refractivity contribution is -0.176. The van der Waals surface area contributed by atoms with E-state index in [0.717, 1.165) is 16.0 Å². The fourth-order valence-electron chi connectivity index (χ4n) is 4.49. The highest BCUT2D eigenvalue weighted by Crippen LogP contribution is 2.34. The number of nitrogens with zero attached hydrogens (tertiary/aromatic N) is 1. The molecule has 0 spiro atoms. The minimum absolute atomic E-state index is 0.0703. The number of imide groups is 1. The molecule has 188 valence electrons. The van der Waals surface area contributed by atoms with Crippen LogP contribution < -0.4 is 0 Å². The molecule has 8 heteroatoms. The SMILES string of the molecule is CC1(C)OC[C@H]([C@@H](O)[C@H](OCc2ccccc2)C(=O)N2C(=O)OC(C)(C)[C@@H]2Cc2ccccc2)O1. The van der Waals surface area contributed by atoms with Gasteiger partial charge in [0.25, 0.3) is 5.91 Å². The number of carbonyl (C=O) groups excluding carboxylic acids is 2. The van der Waals surface area contributed by atoms with Crippen LogP contribution in [0.3, 0.4) is 0 Å². The van der Waals surface area contributed by atoms with Gasteiger partial charge in [0, 0.05) is 0 Å². The van der Waals surface area contributed by atoms with Crippen molar-refractivity contribution in [3.63, 3.8) is 0 Å². The number of rotatable bonds is 8. The van der Waals surface area contributed by atoms with Gasteiger partial charge in [-0.05, 0) is 45.2 Å². The van der Waals surface area contributed by atoms with Gasteiger partial charge in [0.2, 0.25) is 0 Å². The van der Waals surface area contributed by atoms with Crippen LogP contribution in [0, 0.1) is 0 Å². The fraction of sp³-hybridized carbons (Fsp3) is 0.481.